The minimum atomic E-state index is -0.183. The number of methoxy groups -OCH3 is 2. The second kappa shape index (κ2) is 7.85. The number of ether oxygens (including phenoxy) is 3. The van der Waals surface area contributed by atoms with E-state index in [2.05, 4.69) is 10.6 Å². The fourth-order valence-electron chi connectivity index (χ4n) is 2.24. The van der Waals surface area contributed by atoms with Gasteiger partial charge in [0.2, 0.25) is 5.91 Å². The molecule has 0 unspecified atom stereocenters. The van der Waals surface area contributed by atoms with E-state index in [1.807, 2.05) is 0 Å². The zero-order valence-corrected chi connectivity index (χ0v) is 12.5. The number of piperidine rings is 1. The van der Waals surface area contributed by atoms with Gasteiger partial charge in [0.15, 0.2) is 0 Å². The molecule has 1 fully saturated rings. The number of hydrogen-bond acceptors (Lipinski definition) is 5. The first-order valence-corrected chi connectivity index (χ1v) is 7.07. The Hall–Kier alpha value is -1.79. The fourth-order valence-corrected chi connectivity index (χ4v) is 2.24. The van der Waals surface area contributed by atoms with E-state index in [0.717, 1.165) is 25.9 Å². The van der Waals surface area contributed by atoms with E-state index in [1.165, 1.54) is 0 Å². The van der Waals surface area contributed by atoms with Crippen molar-refractivity contribution in [1.29, 1.82) is 0 Å². The molecule has 1 amide bonds. The van der Waals surface area contributed by atoms with Crippen LogP contribution in [-0.2, 0) is 9.53 Å². The number of anilines is 1. The highest BCUT2D eigenvalue weighted by Crippen LogP contribution is 2.28. The number of rotatable bonds is 6. The van der Waals surface area contributed by atoms with Gasteiger partial charge < -0.3 is 24.8 Å². The van der Waals surface area contributed by atoms with Gasteiger partial charge in [-0.3, -0.25) is 4.79 Å². The van der Waals surface area contributed by atoms with Gasteiger partial charge in [0, 0.05) is 6.07 Å². The molecule has 1 aliphatic heterocycles. The van der Waals surface area contributed by atoms with E-state index in [9.17, 15) is 4.79 Å². The van der Waals surface area contributed by atoms with Crippen molar-refractivity contribution in [3.05, 3.63) is 18.2 Å². The van der Waals surface area contributed by atoms with Gasteiger partial charge >= 0.3 is 0 Å². The molecule has 0 saturated carbocycles. The molecule has 116 valence electrons. The van der Waals surface area contributed by atoms with Crippen molar-refractivity contribution < 1.29 is 19.0 Å². The van der Waals surface area contributed by atoms with Crippen LogP contribution < -0.4 is 20.1 Å². The Bertz CT molecular complexity index is 473. The molecule has 0 aliphatic carbocycles. The standard InChI is InChI=1S/C15H22N2O4/c1-19-12-3-4-13(14(9-12)20-2)17-15(18)10-21-11-5-7-16-8-6-11/h3-4,9,11,16H,5-8,10H2,1-2H3,(H,17,18). The molecular weight excluding hydrogens is 272 g/mol. The summed E-state index contributed by atoms with van der Waals surface area (Å²) in [5.41, 5.74) is 0.609. The lowest BCUT2D eigenvalue weighted by Gasteiger charge is -2.22. The summed E-state index contributed by atoms with van der Waals surface area (Å²) >= 11 is 0. The maximum Gasteiger partial charge on any atom is 0.250 e. The van der Waals surface area contributed by atoms with Gasteiger partial charge in [-0.1, -0.05) is 0 Å². The second-order valence-electron chi connectivity index (χ2n) is 4.87. The summed E-state index contributed by atoms with van der Waals surface area (Å²) in [6, 6.07) is 5.25. The Kier molecular flexibility index (Phi) is 5.83. The molecule has 1 aromatic carbocycles. The first-order valence-electron chi connectivity index (χ1n) is 7.07. The van der Waals surface area contributed by atoms with E-state index >= 15 is 0 Å². The highest BCUT2D eigenvalue weighted by molar-refractivity contribution is 5.93. The third kappa shape index (κ3) is 4.61. The topological polar surface area (TPSA) is 68.8 Å². The number of hydrogen-bond donors (Lipinski definition) is 2. The van der Waals surface area contributed by atoms with Crippen LogP contribution in [0.1, 0.15) is 12.8 Å². The van der Waals surface area contributed by atoms with Crippen LogP contribution in [-0.4, -0.2) is 45.9 Å². The quantitative estimate of drug-likeness (QED) is 0.830. The summed E-state index contributed by atoms with van der Waals surface area (Å²) in [4.78, 5) is 11.9. The maximum absolute atomic E-state index is 11.9. The van der Waals surface area contributed by atoms with Gasteiger partial charge in [-0.25, -0.2) is 0 Å². The van der Waals surface area contributed by atoms with Crippen molar-refractivity contribution >= 4 is 11.6 Å². The zero-order chi connectivity index (χ0) is 15.1. The van der Waals surface area contributed by atoms with E-state index in [1.54, 1.807) is 32.4 Å². The molecule has 2 N–H and O–H groups in total. The molecule has 6 nitrogen and oxygen atoms in total. The minimum Gasteiger partial charge on any atom is -0.497 e. The molecule has 21 heavy (non-hydrogen) atoms. The Labute approximate surface area is 124 Å². The molecule has 0 atom stereocenters. The third-order valence-electron chi connectivity index (χ3n) is 3.42. The van der Waals surface area contributed by atoms with Crippen LogP contribution in [0.25, 0.3) is 0 Å². The monoisotopic (exact) mass is 294 g/mol. The molecule has 0 bridgehead atoms. The molecular formula is C15H22N2O4. The van der Waals surface area contributed by atoms with E-state index in [0.29, 0.717) is 17.2 Å². The Morgan fingerprint density at radius 1 is 1.29 bits per heavy atom. The smallest absolute Gasteiger partial charge is 0.250 e. The lowest BCUT2D eigenvalue weighted by atomic mass is 10.1. The Morgan fingerprint density at radius 3 is 2.71 bits per heavy atom. The van der Waals surface area contributed by atoms with Gasteiger partial charge in [-0.05, 0) is 38.1 Å². The van der Waals surface area contributed by atoms with Crippen LogP contribution in [0, 0.1) is 0 Å². The van der Waals surface area contributed by atoms with Crippen molar-refractivity contribution in [2.45, 2.75) is 18.9 Å². The largest absolute Gasteiger partial charge is 0.497 e. The summed E-state index contributed by atoms with van der Waals surface area (Å²) in [5, 5.41) is 6.05. The molecule has 0 spiro atoms. The van der Waals surface area contributed by atoms with Crippen LogP contribution in [0.15, 0.2) is 18.2 Å². The first-order chi connectivity index (χ1) is 10.2. The highest BCUT2D eigenvalue weighted by atomic mass is 16.5. The molecule has 2 rings (SSSR count). The summed E-state index contributed by atoms with van der Waals surface area (Å²) in [5.74, 6) is 1.05. The zero-order valence-electron chi connectivity index (χ0n) is 12.5. The van der Waals surface area contributed by atoms with Crippen LogP contribution in [0.2, 0.25) is 0 Å². The van der Waals surface area contributed by atoms with E-state index in [4.69, 9.17) is 14.2 Å². The molecule has 1 saturated heterocycles. The van der Waals surface area contributed by atoms with E-state index in [-0.39, 0.29) is 18.6 Å². The molecule has 1 heterocycles. The fraction of sp³-hybridized carbons (Fsp3) is 0.533. The lowest BCUT2D eigenvalue weighted by Crippen LogP contribution is -2.34. The Balaban J connectivity index is 1.86. The second-order valence-corrected chi connectivity index (χ2v) is 4.87. The average Bonchev–Trinajstić information content (AvgIpc) is 2.54. The molecule has 1 aliphatic rings. The molecule has 0 radical (unpaired) electrons. The van der Waals surface area contributed by atoms with Gasteiger partial charge in [-0.15, -0.1) is 0 Å². The number of carbonyl (C=O) groups is 1. The van der Waals surface area contributed by atoms with Crippen LogP contribution in [0.5, 0.6) is 11.5 Å². The van der Waals surface area contributed by atoms with Gasteiger partial charge in [0.25, 0.3) is 0 Å². The van der Waals surface area contributed by atoms with Gasteiger partial charge in [-0.2, -0.15) is 0 Å². The number of nitrogens with one attached hydrogen (secondary N) is 2. The van der Waals surface area contributed by atoms with Crippen molar-refractivity contribution in [1.82, 2.24) is 5.32 Å². The lowest BCUT2D eigenvalue weighted by molar-refractivity contribution is -0.123. The Morgan fingerprint density at radius 2 is 2.05 bits per heavy atom. The maximum atomic E-state index is 11.9. The van der Waals surface area contributed by atoms with E-state index < -0.39 is 0 Å². The molecule has 6 heteroatoms. The van der Waals surface area contributed by atoms with Crippen molar-refractivity contribution in [2.75, 3.05) is 39.2 Å². The van der Waals surface area contributed by atoms with Crippen molar-refractivity contribution in [3.63, 3.8) is 0 Å². The highest BCUT2D eigenvalue weighted by Gasteiger charge is 2.15. The number of carbonyl (C=O) groups excluding carboxylic acids is 1. The predicted octanol–water partition coefficient (Wildman–Crippen LogP) is 1.41. The first kappa shape index (κ1) is 15.6. The summed E-state index contributed by atoms with van der Waals surface area (Å²) in [7, 11) is 3.13. The van der Waals surface area contributed by atoms with Crippen LogP contribution in [0.4, 0.5) is 5.69 Å². The summed E-state index contributed by atoms with van der Waals surface area (Å²) in [6.07, 6.45) is 2.05. The third-order valence-corrected chi connectivity index (χ3v) is 3.42. The SMILES string of the molecule is COc1ccc(NC(=O)COC2CCNCC2)c(OC)c1. The molecule has 1 aromatic rings. The number of amides is 1. The molecule has 0 aromatic heterocycles. The van der Waals surface area contributed by atoms with Crippen LogP contribution in [0.3, 0.4) is 0 Å². The van der Waals surface area contributed by atoms with Crippen molar-refractivity contribution in [3.8, 4) is 11.5 Å². The van der Waals surface area contributed by atoms with Crippen LogP contribution >= 0.6 is 0 Å². The summed E-state index contributed by atoms with van der Waals surface area (Å²) in [6.45, 7) is 1.94. The van der Waals surface area contributed by atoms with Gasteiger partial charge in [0.05, 0.1) is 26.0 Å². The van der Waals surface area contributed by atoms with Crippen molar-refractivity contribution in [2.24, 2.45) is 0 Å². The van der Waals surface area contributed by atoms with Gasteiger partial charge in [0.1, 0.15) is 18.1 Å². The average molecular weight is 294 g/mol. The summed E-state index contributed by atoms with van der Waals surface area (Å²) < 4.78 is 16.0. The number of benzene rings is 1. The predicted molar refractivity (Wildman–Crippen MR) is 80.0 cm³/mol. The minimum absolute atomic E-state index is 0.0554. The normalized spacial score (nSPS) is 15.5.